The van der Waals surface area contributed by atoms with E-state index in [1.54, 1.807) is 0 Å². The van der Waals surface area contributed by atoms with Crippen molar-refractivity contribution in [3.8, 4) is 0 Å². The van der Waals surface area contributed by atoms with Gasteiger partial charge in [0.05, 0.1) is 0 Å². The zero-order valence-corrected chi connectivity index (χ0v) is 11.8. The van der Waals surface area contributed by atoms with Gasteiger partial charge in [0.1, 0.15) is 0 Å². The first-order valence-corrected chi connectivity index (χ1v) is 7.27. The Morgan fingerprint density at radius 3 is 2.00 bits per heavy atom. The molecule has 1 heteroatoms. The van der Waals surface area contributed by atoms with E-state index in [9.17, 15) is 0 Å². The molecule has 0 fully saturated rings. The van der Waals surface area contributed by atoms with Crippen LogP contribution < -0.4 is 0 Å². The van der Waals surface area contributed by atoms with Gasteiger partial charge >= 0.3 is 0 Å². The largest absolute Gasteiger partial charge is 0.103 e. The smallest absolute Gasteiger partial charge is 0.00813 e. The van der Waals surface area contributed by atoms with Crippen molar-refractivity contribution in [2.24, 2.45) is 0 Å². The van der Waals surface area contributed by atoms with E-state index in [4.69, 9.17) is 0 Å². The SMILES string of the molecule is C=CCCCCCCCCCC(C)I. The van der Waals surface area contributed by atoms with Crippen molar-refractivity contribution < 1.29 is 0 Å². The van der Waals surface area contributed by atoms with Gasteiger partial charge in [0.15, 0.2) is 0 Å². The molecule has 0 spiro atoms. The first-order chi connectivity index (χ1) is 6.77. The first kappa shape index (κ1) is 14.5. The third-order valence-electron chi connectivity index (χ3n) is 2.51. The minimum atomic E-state index is 0.861. The molecule has 0 aliphatic rings. The van der Waals surface area contributed by atoms with Gasteiger partial charge in [0.25, 0.3) is 0 Å². The Morgan fingerprint density at radius 1 is 1.00 bits per heavy atom. The summed E-state index contributed by atoms with van der Waals surface area (Å²) >= 11 is 2.52. The molecule has 1 atom stereocenters. The van der Waals surface area contributed by atoms with Gasteiger partial charge in [-0.25, -0.2) is 0 Å². The van der Waals surface area contributed by atoms with E-state index < -0.39 is 0 Å². The van der Waals surface area contributed by atoms with Crippen LogP contribution in [-0.4, -0.2) is 3.92 Å². The molecule has 0 aromatic heterocycles. The molecule has 0 heterocycles. The lowest BCUT2D eigenvalue weighted by molar-refractivity contribution is 0.571. The molecule has 0 aliphatic heterocycles. The average molecular weight is 308 g/mol. The highest BCUT2D eigenvalue weighted by Crippen LogP contribution is 2.13. The fourth-order valence-corrected chi connectivity index (χ4v) is 2.04. The molecule has 84 valence electrons. The second kappa shape index (κ2) is 11.5. The minimum absolute atomic E-state index is 0.861. The van der Waals surface area contributed by atoms with Gasteiger partial charge in [0, 0.05) is 3.92 Å². The van der Waals surface area contributed by atoms with Gasteiger partial charge in [-0.2, -0.15) is 0 Å². The van der Waals surface area contributed by atoms with Crippen LogP contribution in [0.15, 0.2) is 12.7 Å². The Hall–Kier alpha value is 0.470. The summed E-state index contributed by atoms with van der Waals surface area (Å²) in [4.78, 5) is 0. The van der Waals surface area contributed by atoms with Crippen molar-refractivity contribution in [3.63, 3.8) is 0 Å². The first-order valence-electron chi connectivity index (χ1n) is 6.02. The van der Waals surface area contributed by atoms with Gasteiger partial charge < -0.3 is 0 Å². The Morgan fingerprint density at radius 2 is 1.50 bits per heavy atom. The Bertz CT molecular complexity index is 118. The number of hydrogen-bond donors (Lipinski definition) is 0. The van der Waals surface area contributed by atoms with Crippen LogP contribution in [0.2, 0.25) is 0 Å². The van der Waals surface area contributed by atoms with E-state index in [2.05, 4.69) is 36.1 Å². The molecule has 0 amide bonds. The molecule has 0 aromatic rings. The second-order valence-electron chi connectivity index (χ2n) is 4.12. The lowest BCUT2D eigenvalue weighted by Crippen LogP contribution is -1.89. The maximum atomic E-state index is 3.73. The summed E-state index contributed by atoms with van der Waals surface area (Å²) in [6, 6.07) is 0. The van der Waals surface area contributed by atoms with Gasteiger partial charge in [-0.05, 0) is 19.3 Å². The zero-order chi connectivity index (χ0) is 10.6. The summed E-state index contributed by atoms with van der Waals surface area (Å²) in [5.41, 5.74) is 0. The van der Waals surface area contributed by atoms with Crippen LogP contribution in [0, 0.1) is 0 Å². The van der Waals surface area contributed by atoms with Crippen LogP contribution in [0.3, 0.4) is 0 Å². The predicted molar refractivity (Wildman–Crippen MR) is 75.2 cm³/mol. The van der Waals surface area contributed by atoms with Gasteiger partial charge in [-0.3, -0.25) is 0 Å². The van der Waals surface area contributed by atoms with Crippen molar-refractivity contribution >= 4 is 22.6 Å². The molecule has 0 aliphatic carbocycles. The van der Waals surface area contributed by atoms with Crippen molar-refractivity contribution in [2.75, 3.05) is 0 Å². The maximum absolute atomic E-state index is 3.73. The van der Waals surface area contributed by atoms with Crippen molar-refractivity contribution in [2.45, 2.75) is 68.6 Å². The predicted octanol–water partition coefficient (Wildman–Crippen LogP) is 5.51. The molecule has 0 saturated carbocycles. The van der Waals surface area contributed by atoms with E-state index >= 15 is 0 Å². The van der Waals surface area contributed by atoms with E-state index in [0.29, 0.717) is 0 Å². The monoisotopic (exact) mass is 308 g/mol. The van der Waals surface area contributed by atoms with Gasteiger partial charge in [0.2, 0.25) is 0 Å². The topological polar surface area (TPSA) is 0 Å². The molecule has 1 unspecified atom stereocenters. The molecule has 0 nitrogen and oxygen atoms in total. The molecule has 14 heavy (non-hydrogen) atoms. The number of unbranched alkanes of at least 4 members (excludes halogenated alkanes) is 7. The highest BCUT2D eigenvalue weighted by Gasteiger charge is 1.95. The van der Waals surface area contributed by atoms with Gasteiger partial charge in [-0.1, -0.05) is 74.1 Å². The third kappa shape index (κ3) is 12.5. The molecule has 0 radical (unpaired) electrons. The number of alkyl halides is 1. The van der Waals surface area contributed by atoms with Crippen LogP contribution >= 0.6 is 22.6 Å². The lowest BCUT2D eigenvalue weighted by Gasteiger charge is -2.03. The van der Waals surface area contributed by atoms with E-state index in [1.165, 1.54) is 57.8 Å². The quantitative estimate of drug-likeness (QED) is 0.216. The standard InChI is InChI=1S/C13H25I/c1-3-4-5-6-7-8-9-10-11-12-13(2)14/h3,13H,1,4-12H2,2H3. The normalized spacial score (nSPS) is 12.7. The van der Waals surface area contributed by atoms with E-state index in [-0.39, 0.29) is 0 Å². The van der Waals surface area contributed by atoms with Crippen LogP contribution in [0.25, 0.3) is 0 Å². The van der Waals surface area contributed by atoms with Crippen LogP contribution in [-0.2, 0) is 0 Å². The second-order valence-corrected chi connectivity index (χ2v) is 6.25. The average Bonchev–Trinajstić information content (AvgIpc) is 2.15. The Labute approximate surface area is 104 Å². The van der Waals surface area contributed by atoms with Crippen LogP contribution in [0.5, 0.6) is 0 Å². The number of hydrogen-bond acceptors (Lipinski definition) is 0. The fraction of sp³-hybridized carbons (Fsp3) is 0.846. The lowest BCUT2D eigenvalue weighted by atomic mass is 10.1. The van der Waals surface area contributed by atoms with Crippen molar-refractivity contribution in [1.82, 2.24) is 0 Å². The molecule has 0 bridgehead atoms. The maximum Gasteiger partial charge on any atom is 0.00813 e. The number of halogens is 1. The summed E-state index contributed by atoms with van der Waals surface area (Å²) in [7, 11) is 0. The molecule has 0 rings (SSSR count). The van der Waals surface area contributed by atoms with Crippen LogP contribution in [0.1, 0.15) is 64.7 Å². The zero-order valence-electron chi connectivity index (χ0n) is 9.60. The minimum Gasteiger partial charge on any atom is -0.103 e. The molecule has 0 aromatic carbocycles. The van der Waals surface area contributed by atoms with E-state index in [1.807, 2.05) is 6.08 Å². The molecule has 0 N–H and O–H groups in total. The highest BCUT2D eigenvalue weighted by molar-refractivity contribution is 14.1. The highest BCUT2D eigenvalue weighted by atomic mass is 127. The van der Waals surface area contributed by atoms with E-state index in [0.717, 1.165) is 3.92 Å². The summed E-state index contributed by atoms with van der Waals surface area (Å²) < 4.78 is 0.861. The summed E-state index contributed by atoms with van der Waals surface area (Å²) in [6.45, 7) is 6.04. The third-order valence-corrected chi connectivity index (χ3v) is 3.13. The number of rotatable bonds is 10. The summed E-state index contributed by atoms with van der Waals surface area (Å²) in [6.07, 6.45) is 14.5. The fourth-order valence-electron chi connectivity index (χ4n) is 1.60. The Balaban J connectivity index is 2.88. The Kier molecular flexibility index (Phi) is 11.9. The summed E-state index contributed by atoms with van der Waals surface area (Å²) in [5, 5.41) is 0. The molecular formula is C13H25I. The molecule has 0 saturated heterocycles. The molecular weight excluding hydrogens is 283 g/mol. The van der Waals surface area contributed by atoms with Crippen molar-refractivity contribution in [3.05, 3.63) is 12.7 Å². The van der Waals surface area contributed by atoms with Crippen LogP contribution in [0.4, 0.5) is 0 Å². The summed E-state index contributed by atoms with van der Waals surface area (Å²) in [5.74, 6) is 0. The number of allylic oxidation sites excluding steroid dienone is 1. The van der Waals surface area contributed by atoms with Crippen molar-refractivity contribution in [1.29, 1.82) is 0 Å². The van der Waals surface area contributed by atoms with Gasteiger partial charge in [-0.15, -0.1) is 6.58 Å².